The third-order valence-corrected chi connectivity index (χ3v) is 3.11. The second-order valence-electron chi connectivity index (χ2n) is 4.12. The summed E-state index contributed by atoms with van der Waals surface area (Å²) < 4.78 is 5.33. The molecule has 0 aliphatic carbocycles. The molecule has 2 rings (SSSR count). The highest BCUT2D eigenvalue weighted by Crippen LogP contribution is 2.11. The number of halogens is 1. The fraction of sp³-hybridized carbons (Fsp3) is 0.462. The van der Waals surface area contributed by atoms with E-state index in [-0.39, 0.29) is 0 Å². The monoisotopic (exact) mass is 268 g/mol. The molecule has 0 atom stereocenters. The molecule has 0 N–H and O–H groups in total. The lowest BCUT2D eigenvalue weighted by molar-refractivity contribution is 0.0449. The van der Waals surface area contributed by atoms with E-state index >= 15 is 0 Å². The molecule has 0 spiro atoms. The molecule has 98 valence electrons. The summed E-state index contributed by atoms with van der Waals surface area (Å²) in [7, 11) is 1.56. The van der Waals surface area contributed by atoms with Crippen LogP contribution >= 0.6 is 11.6 Å². The molecule has 0 amide bonds. The van der Waals surface area contributed by atoms with Crippen LogP contribution in [0.4, 0.5) is 0 Å². The zero-order chi connectivity index (χ0) is 12.8. The van der Waals surface area contributed by atoms with E-state index in [1.165, 1.54) is 0 Å². The Labute approximate surface area is 112 Å². The van der Waals surface area contributed by atoms with Crippen molar-refractivity contribution in [3.05, 3.63) is 34.9 Å². The van der Waals surface area contributed by atoms with Crippen LogP contribution in [0.15, 0.2) is 29.4 Å². The smallest absolute Gasteiger partial charge is 0.106 e. The van der Waals surface area contributed by atoms with Gasteiger partial charge in [0.25, 0.3) is 0 Å². The van der Waals surface area contributed by atoms with Crippen LogP contribution < -0.4 is 0 Å². The minimum Gasteiger partial charge on any atom is -0.399 e. The number of nitrogens with zero attached hydrogens (tertiary/aromatic N) is 2. The molecule has 5 heteroatoms. The van der Waals surface area contributed by atoms with Gasteiger partial charge in [-0.25, -0.2) is 0 Å². The molecule has 1 fully saturated rings. The zero-order valence-electron chi connectivity index (χ0n) is 10.4. The summed E-state index contributed by atoms with van der Waals surface area (Å²) in [6.45, 7) is 4.17. The van der Waals surface area contributed by atoms with Gasteiger partial charge in [-0.1, -0.05) is 28.9 Å². The lowest BCUT2D eigenvalue weighted by atomic mass is 10.1. The average molecular weight is 269 g/mol. The summed E-state index contributed by atoms with van der Waals surface area (Å²) in [5.74, 6) is 0. The van der Waals surface area contributed by atoms with Crippen molar-refractivity contribution in [2.24, 2.45) is 5.16 Å². The van der Waals surface area contributed by atoms with Crippen molar-refractivity contribution in [3.63, 3.8) is 0 Å². The lowest BCUT2D eigenvalue weighted by Gasteiger charge is -2.26. The van der Waals surface area contributed by atoms with Crippen molar-refractivity contribution < 1.29 is 9.57 Å². The minimum atomic E-state index is 0.724. The maximum Gasteiger partial charge on any atom is 0.106 e. The van der Waals surface area contributed by atoms with E-state index in [1.807, 2.05) is 24.3 Å². The molecule has 1 aromatic rings. The standard InChI is InChI=1S/C13H17ClN2O2/c1-17-15-13(10-16-6-8-18-9-7-16)11-2-4-12(14)5-3-11/h2-5H,6-10H2,1H3/b15-13-. The van der Waals surface area contributed by atoms with Crippen LogP contribution in [0.3, 0.4) is 0 Å². The van der Waals surface area contributed by atoms with Gasteiger partial charge in [0.15, 0.2) is 0 Å². The molecule has 1 aromatic carbocycles. The van der Waals surface area contributed by atoms with Gasteiger partial charge >= 0.3 is 0 Å². The first-order valence-corrected chi connectivity index (χ1v) is 6.33. The van der Waals surface area contributed by atoms with E-state index in [0.717, 1.165) is 49.1 Å². The Hall–Kier alpha value is -1.10. The van der Waals surface area contributed by atoms with Crippen LogP contribution in [0.2, 0.25) is 5.02 Å². The molecule has 1 aliphatic rings. The van der Waals surface area contributed by atoms with Crippen molar-refractivity contribution >= 4 is 17.3 Å². The normalized spacial score (nSPS) is 17.8. The van der Waals surface area contributed by atoms with Crippen LogP contribution in [-0.4, -0.2) is 50.6 Å². The Bertz CT molecular complexity index is 400. The van der Waals surface area contributed by atoms with Crippen LogP contribution in [0.1, 0.15) is 5.56 Å². The zero-order valence-corrected chi connectivity index (χ0v) is 11.2. The summed E-state index contributed by atoms with van der Waals surface area (Å²) in [6, 6.07) is 7.64. The van der Waals surface area contributed by atoms with Crippen molar-refractivity contribution in [3.8, 4) is 0 Å². The first-order valence-electron chi connectivity index (χ1n) is 5.95. The Kier molecular flexibility index (Phi) is 4.99. The number of benzene rings is 1. The molecule has 0 radical (unpaired) electrons. The predicted octanol–water partition coefficient (Wildman–Crippen LogP) is 2.02. The fourth-order valence-corrected chi connectivity index (χ4v) is 2.02. The topological polar surface area (TPSA) is 34.1 Å². The third kappa shape index (κ3) is 3.70. The van der Waals surface area contributed by atoms with Gasteiger partial charge in [-0.15, -0.1) is 0 Å². The van der Waals surface area contributed by atoms with Gasteiger partial charge in [-0.2, -0.15) is 0 Å². The molecule has 0 saturated carbocycles. The maximum absolute atomic E-state index is 5.89. The molecule has 1 aliphatic heterocycles. The Balaban J connectivity index is 2.08. The summed E-state index contributed by atoms with van der Waals surface area (Å²) in [5.41, 5.74) is 1.95. The highest BCUT2D eigenvalue weighted by atomic mass is 35.5. The van der Waals surface area contributed by atoms with E-state index in [2.05, 4.69) is 10.1 Å². The van der Waals surface area contributed by atoms with E-state index in [9.17, 15) is 0 Å². The van der Waals surface area contributed by atoms with E-state index in [0.29, 0.717) is 0 Å². The average Bonchev–Trinajstić information content (AvgIpc) is 2.40. The largest absolute Gasteiger partial charge is 0.399 e. The summed E-state index contributed by atoms with van der Waals surface area (Å²) in [6.07, 6.45) is 0. The number of ether oxygens (including phenoxy) is 1. The Morgan fingerprint density at radius 3 is 2.61 bits per heavy atom. The van der Waals surface area contributed by atoms with Crippen molar-refractivity contribution in [1.29, 1.82) is 0 Å². The number of morpholine rings is 1. The summed E-state index contributed by atoms with van der Waals surface area (Å²) in [4.78, 5) is 7.23. The van der Waals surface area contributed by atoms with Crippen molar-refractivity contribution in [2.45, 2.75) is 0 Å². The molecule has 0 bridgehead atoms. The molecule has 1 heterocycles. The van der Waals surface area contributed by atoms with E-state index in [1.54, 1.807) is 7.11 Å². The number of oxime groups is 1. The highest BCUT2D eigenvalue weighted by molar-refractivity contribution is 6.30. The third-order valence-electron chi connectivity index (χ3n) is 2.86. The quantitative estimate of drug-likeness (QED) is 0.619. The van der Waals surface area contributed by atoms with Crippen LogP contribution in [0.5, 0.6) is 0 Å². The molecule has 4 nitrogen and oxygen atoms in total. The molecular formula is C13H17ClN2O2. The maximum atomic E-state index is 5.89. The van der Waals surface area contributed by atoms with Gasteiger partial charge in [0.05, 0.1) is 13.2 Å². The van der Waals surface area contributed by atoms with Crippen molar-refractivity contribution in [2.75, 3.05) is 40.0 Å². The predicted molar refractivity (Wildman–Crippen MR) is 72.3 cm³/mol. The minimum absolute atomic E-state index is 0.724. The number of rotatable bonds is 4. The molecule has 18 heavy (non-hydrogen) atoms. The van der Waals surface area contributed by atoms with E-state index in [4.69, 9.17) is 21.2 Å². The van der Waals surface area contributed by atoms with Crippen LogP contribution in [0.25, 0.3) is 0 Å². The second kappa shape index (κ2) is 6.73. The van der Waals surface area contributed by atoms with Gasteiger partial charge in [-0.3, -0.25) is 4.90 Å². The van der Waals surface area contributed by atoms with Crippen LogP contribution in [0, 0.1) is 0 Å². The summed E-state index contributed by atoms with van der Waals surface area (Å²) in [5, 5.41) is 4.83. The lowest BCUT2D eigenvalue weighted by Crippen LogP contribution is -2.39. The van der Waals surface area contributed by atoms with Crippen molar-refractivity contribution in [1.82, 2.24) is 4.90 Å². The first-order chi connectivity index (χ1) is 8.79. The number of hydrogen-bond acceptors (Lipinski definition) is 4. The Morgan fingerprint density at radius 1 is 1.33 bits per heavy atom. The highest BCUT2D eigenvalue weighted by Gasteiger charge is 2.14. The molecule has 0 unspecified atom stereocenters. The second-order valence-corrected chi connectivity index (χ2v) is 4.55. The van der Waals surface area contributed by atoms with Gasteiger partial charge in [0.2, 0.25) is 0 Å². The molecular weight excluding hydrogens is 252 g/mol. The fourth-order valence-electron chi connectivity index (χ4n) is 1.90. The molecule has 0 aromatic heterocycles. The van der Waals surface area contributed by atoms with E-state index < -0.39 is 0 Å². The summed E-state index contributed by atoms with van der Waals surface area (Å²) >= 11 is 5.89. The SMILES string of the molecule is CO/N=C(/CN1CCOCC1)c1ccc(Cl)cc1. The van der Waals surface area contributed by atoms with Gasteiger partial charge in [-0.05, 0) is 12.1 Å². The number of hydrogen-bond donors (Lipinski definition) is 0. The Morgan fingerprint density at radius 2 is 2.00 bits per heavy atom. The van der Waals surface area contributed by atoms with Gasteiger partial charge in [0, 0.05) is 30.2 Å². The van der Waals surface area contributed by atoms with Gasteiger partial charge in [0.1, 0.15) is 12.8 Å². The first kappa shape index (κ1) is 13.3. The van der Waals surface area contributed by atoms with Gasteiger partial charge < -0.3 is 9.57 Å². The van der Waals surface area contributed by atoms with Crippen LogP contribution in [-0.2, 0) is 9.57 Å². The molecule has 1 saturated heterocycles.